The number of hydrogen-bond acceptors (Lipinski definition) is 6. The molecule has 0 fully saturated rings. The lowest BCUT2D eigenvalue weighted by Crippen LogP contribution is -2.37. The molecule has 0 aliphatic heterocycles. The quantitative estimate of drug-likeness (QED) is 0.543. The van der Waals surface area contributed by atoms with E-state index in [9.17, 15) is 9.59 Å². The van der Waals surface area contributed by atoms with Crippen LogP contribution in [0.15, 0.2) is 39.2 Å². The second-order valence-corrected chi connectivity index (χ2v) is 5.62. The maximum Gasteiger partial charge on any atom is 0.332 e. The molecule has 0 aliphatic rings. The lowest BCUT2D eigenvalue weighted by molar-refractivity contribution is 0.679. The number of fused-ring (bicyclic) bond motifs is 1. The van der Waals surface area contributed by atoms with Gasteiger partial charge < -0.3 is 4.57 Å². The molecule has 25 heavy (non-hydrogen) atoms. The number of hydrazone groups is 1. The number of aromatic nitrogens is 5. The fourth-order valence-electron chi connectivity index (χ4n) is 2.59. The van der Waals surface area contributed by atoms with Crippen molar-refractivity contribution in [3.63, 3.8) is 0 Å². The van der Waals surface area contributed by atoms with Crippen LogP contribution in [-0.4, -0.2) is 29.9 Å². The molecule has 130 valence electrons. The van der Waals surface area contributed by atoms with E-state index < -0.39 is 5.69 Å². The third-order valence-corrected chi connectivity index (χ3v) is 3.88. The number of nitrogens with one attached hydrogen (secondary N) is 1. The normalized spacial score (nSPS) is 11.5. The molecule has 0 saturated heterocycles. The molecule has 0 bridgehead atoms. The zero-order valence-corrected chi connectivity index (χ0v) is 14.3. The average molecular weight is 341 g/mol. The predicted molar refractivity (Wildman–Crippen MR) is 96.0 cm³/mol. The summed E-state index contributed by atoms with van der Waals surface area (Å²) in [6, 6.07) is 3.64. The number of nitrogens with zero attached hydrogens (tertiary/aromatic N) is 6. The molecule has 0 saturated carbocycles. The van der Waals surface area contributed by atoms with E-state index in [4.69, 9.17) is 0 Å². The van der Waals surface area contributed by atoms with Crippen LogP contribution in [-0.2, 0) is 20.6 Å². The molecular formula is C16H19N7O2. The highest BCUT2D eigenvalue weighted by molar-refractivity contribution is 5.80. The van der Waals surface area contributed by atoms with Crippen molar-refractivity contribution in [2.75, 3.05) is 5.43 Å². The monoisotopic (exact) mass is 341 g/mol. The minimum atomic E-state index is -0.412. The van der Waals surface area contributed by atoms with Gasteiger partial charge in [-0.15, -0.1) is 0 Å². The zero-order chi connectivity index (χ0) is 18.0. The molecule has 0 unspecified atom stereocenters. The van der Waals surface area contributed by atoms with Crippen LogP contribution in [0.2, 0.25) is 0 Å². The van der Waals surface area contributed by atoms with E-state index in [2.05, 4.69) is 20.5 Å². The topological polar surface area (TPSA) is 99.1 Å². The number of rotatable bonds is 5. The van der Waals surface area contributed by atoms with Gasteiger partial charge in [0, 0.05) is 33.0 Å². The van der Waals surface area contributed by atoms with Gasteiger partial charge in [0.25, 0.3) is 5.56 Å². The Morgan fingerprint density at radius 2 is 1.92 bits per heavy atom. The molecule has 9 heteroatoms. The summed E-state index contributed by atoms with van der Waals surface area (Å²) in [6.45, 7) is 2.58. The average Bonchev–Trinajstić information content (AvgIpc) is 2.98. The van der Waals surface area contributed by atoms with Crippen molar-refractivity contribution in [1.29, 1.82) is 0 Å². The smallest absolute Gasteiger partial charge is 0.303 e. The van der Waals surface area contributed by atoms with Gasteiger partial charge in [0.1, 0.15) is 0 Å². The number of pyridine rings is 1. The Labute approximate surface area is 143 Å². The van der Waals surface area contributed by atoms with Gasteiger partial charge in [-0.05, 0) is 24.1 Å². The van der Waals surface area contributed by atoms with Crippen LogP contribution in [0.4, 0.5) is 5.95 Å². The summed E-state index contributed by atoms with van der Waals surface area (Å²) in [5.74, 6) is 0.417. The second kappa shape index (κ2) is 6.71. The highest BCUT2D eigenvalue weighted by atomic mass is 16.2. The molecule has 3 aromatic heterocycles. The van der Waals surface area contributed by atoms with Gasteiger partial charge >= 0.3 is 5.69 Å². The first-order chi connectivity index (χ1) is 12.0. The molecule has 0 amide bonds. The number of anilines is 1. The lowest BCUT2D eigenvalue weighted by atomic mass is 10.3. The van der Waals surface area contributed by atoms with E-state index in [0.717, 1.165) is 16.6 Å². The molecular weight excluding hydrogens is 322 g/mol. The third kappa shape index (κ3) is 2.95. The van der Waals surface area contributed by atoms with E-state index in [1.54, 1.807) is 30.2 Å². The second-order valence-electron chi connectivity index (χ2n) is 5.62. The van der Waals surface area contributed by atoms with Crippen LogP contribution in [0.5, 0.6) is 0 Å². The van der Waals surface area contributed by atoms with Crippen LogP contribution in [0.1, 0.15) is 18.9 Å². The van der Waals surface area contributed by atoms with Crippen LogP contribution in [0, 0.1) is 0 Å². The number of hydrogen-bond donors (Lipinski definition) is 1. The van der Waals surface area contributed by atoms with Crippen molar-refractivity contribution in [2.24, 2.45) is 19.2 Å². The standard InChI is InChI=1S/C16H19N7O2/c1-4-9-23-12-13(21(2)16(25)22(3)14(12)24)19-15(23)20-18-10-11-5-7-17-8-6-11/h5-8,10H,4,9H2,1-3H3,(H,19,20)/b18-10+. The first kappa shape index (κ1) is 16.6. The van der Waals surface area contributed by atoms with Gasteiger partial charge in [-0.3, -0.25) is 18.9 Å². The summed E-state index contributed by atoms with van der Waals surface area (Å²) in [4.78, 5) is 33.0. The summed E-state index contributed by atoms with van der Waals surface area (Å²) in [6.07, 6.45) is 5.79. The SMILES string of the molecule is CCCn1c(N/N=C/c2ccncc2)nc2c1c(=O)n(C)c(=O)n2C. The fourth-order valence-corrected chi connectivity index (χ4v) is 2.59. The fraction of sp³-hybridized carbons (Fsp3) is 0.312. The largest absolute Gasteiger partial charge is 0.332 e. The van der Waals surface area contributed by atoms with E-state index >= 15 is 0 Å². The van der Waals surface area contributed by atoms with Crippen LogP contribution in [0.25, 0.3) is 11.2 Å². The molecule has 3 aromatic rings. The highest BCUT2D eigenvalue weighted by Gasteiger charge is 2.18. The Morgan fingerprint density at radius 1 is 1.20 bits per heavy atom. The summed E-state index contributed by atoms with van der Waals surface area (Å²) in [5.41, 5.74) is 3.68. The molecule has 0 aliphatic carbocycles. The van der Waals surface area contributed by atoms with Crippen molar-refractivity contribution in [3.8, 4) is 0 Å². The van der Waals surface area contributed by atoms with Gasteiger partial charge in [0.2, 0.25) is 5.95 Å². The summed E-state index contributed by atoms with van der Waals surface area (Å²) in [5, 5.41) is 4.17. The number of imidazole rings is 1. The summed E-state index contributed by atoms with van der Waals surface area (Å²) < 4.78 is 4.20. The molecule has 0 atom stereocenters. The molecule has 0 radical (unpaired) electrons. The number of aryl methyl sites for hydroxylation is 2. The van der Waals surface area contributed by atoms with Gasteiger partial charge in [0.15, 0.2) is 11.2 Å². The van der Waals surface area contributed by atoms with Crippen molar-refractivity contribution in [1.82, 2.24) is 23.7 Å². The Kier molecular flexibility index (Phi) is 4.46. The Morgan fingerprint density at radius 3 is 2.60 bits per heavy atom. The molecule has 1 N–H and O–H groups in total. The van der Waals surface area contributed by atoms with Crippen molar-refractivity contribution in [2.45, 2.75) is 19.9 Å². The van der Waals surface area contributed by atoms with Crippen LogP contribution in [0.3, 0.4) is 0 Å². The highest BCUT2D eigenvalue weighted by Crippen LogP contribution is 2.16. The molecule has 9 nitrogen and oxygen atoms in total. The maximum absolute atomic E-state index is 12.5. The summed E-state index contributed by atoms with van der Waals surface area (Å²) in [7, 11) is 3.06. The van der Waals surface area contributed by atoms with Crippen molar-refractivity contribution in [3.05, 3.63) is 50.9 Å². The minimum Gasteiger partial charge on any atom is -0.303 e. The minimum absolute atomic E-state index is 0.336. The van der Waals surface area contributed by atoms with Crippen molar-refractivity contribution >= 4 is 23.3 Å². The third-order valence-electron chi connectivity index (χ3n) is 3.88. The maximum atomic E-state index is 12.5. The zero-order valence-electron chi connectivity index (χ0n) is 14.3. The van der Waals surface area contributed by atoms with E-state index in [1.165, 1.54) is 11.6 Å². The Bertz CT molecular complexity index is 1040. The molecule has 3 rings (SSSR count). The predicted octanol–water partition coefficient (Wildman–Crippen LogP) is 0.685. The lowest BCUT2D eigenvalue weighted by Gasteiger charge is -2.07. The molecule has 0 spiro atoms. The van der Waals surface area contributed by atoms with E-state index in [0.29, 0.717) is 23.7 Å². The summed E-state index contributed by atoms with van der Waals surface area (Å²) >= 11 is 0. The van der Waals surface area contributed by atoms with Crippen molar-refractivity contribution < 1.29 is 0 Å². The van der Waals surface area contributed by atoms with Gasteiger partial charge in [-0.1, -0.05) is 6.92 Å². The first-order valence-corrected chi connectivity index (χ1v) is 7.90. The van der Waals surface area contributed by atoms with Crippen LogP contribution < -0.4 is 16.7 Å². The van der Waals surface area contributed by atoms with Gasteiger partial charge in [-0.25, -0.2) is 10.2 Å². The van der Waals surface area contributed by atoms with E-state index in [-0.39, 0.29) is 5.56 Å². The molecule has 3 heterocycles. The van der Waals surface area contributed by atoms with Gasteiger partial charge in [0.05, 0.1) is 6.21 Å². The first-order valence-electron chi connectivity index (χ1n) is 7.90. The Balaban J connectivity index is 2.09. The molecule has 0 aromatic carbocycles. The Hall–Kier alpha value is -3.23. The van der Waals surface area contributed by atoms with Gasteiger partial charge in [-0.2, -0.15) is 10.1 Å². The van der Waals surface area contributed by atoms with Crippen LogP contribution >= 0.6 is 0 Å². The van der Waals surface area contributed by atoms with E-state index in [1.807, 2.05) is 19.1 Å².